The number of allylic oxidation sites excluding steroid dienone is 1. The smallest absolute Gasteiger partial charge is 0.164 e. The highest BCUT2D eigenvalue weighted by atomic mass is 32.1. The van der Waals surface area contributed by atoms with Crippen LogP contribution in [-0.4, -0.2) is 15.0 Å². The van der Waals surface area contributed by atoms with Gasteiger partial charge in [-0.25, -0.2) is 15.0 Å². The number of para-hydroxylation sites is 1. The van der Waals surface area contributed by atoms with Gasteiger partial charge < -0.3 is 4.42 Å². The Kier molecular flexibility index (Phi) is 7.83. The number of hydrogen-bond acceptors (Lipinski definition) is 5. The van der Waals surface area contributed by atoms with Crippen LogP contribution in [0.1, 0.15) is 35.3 Å². The van der Waals surface area contributed by atoms with Crippen molar-refractivity contribution in [2.45, 2.75) is 18.3 Å². The first-order valence-corrected chi connectivity index (χ1v) is 20.1. The number of rotatable bonds is 6. The molecule has 0 spiro atoms. The van der Waals surface area contributed by atoms with E-state index in [1.165, 1.54) is 42.4 Å². The fraction of sp³-hybridized carbons (Fsp3) is 0.0577. The Morgan fingerprint density at radius 1 is 0.509 bits per heavy atom. The van der Waals surface area contributed by atoms with Gasteiger partial charge in [-0.3, -0.25) is 0 Å². The molecule has 1 aliphatic carbocycles. The van der Waals surface area contributed by atoms with Crippen molar-refractivity contribution in [3.8, 4) is 45.3 Å². The molecule has 0 bridgehead atoms. The molecule has 4 nitrogen and oxygen atoms in total. The number of hydrogen-bond donors (Lipinski definition) is 0. The normalized spacial score (nSPS) is 16.3. The first kappa shape index (κ1) is 33.4. The molecule has 2 unspecified atom stereocenters. The molecule has 0 saturated carbocycles. The lowest BCUT2D eigenvalue weighted by molar-refractivity contribution is 0.487. The van der Waals surface area contributed by atoms with E-state index in [1.807, 2.05) is 12.1 Å². The summed E-state index contributed by atoms with van der Waals surface area (Å²) < 4.78 is 8.92. The molecule has 57 heavy (non-hydrogen) atoms. The summed E-state index contributed by atoms with van der Waals surface area (Å²) in [5.74, 6) is 2.93. The summed E-state index contributed by atoms with van der Waals surface area (Å²) >= 11 is 1.80. The topological polar surface area (TPSA) is 51.8 Å². The van der Waals surface area contributed by atoms with E-state index in [0.717, 1.165) is 39.0 Å². The van der Waals surface area contributed by atoms with Crippen LogP contribution in [0.2, 0.25) is 0 Å². The predicted octanol–water partition coefficient (Wildman–Crippen LogP) is 13.8. The molecule has 0 amide bonds. The lowest BCUT2D eigenvalue weighted by atomic mass is 9.62. The molecule has 0 N–H and O–H groups in total. The lowest BCUT2D eigenvalue weighted by Crippen LogP contribution is -2.33. The second kappa shape index (κ2) is 13.4. The number of aromatic nitrogens is 3. The summed E-state index contributed by atoms with van der Waals surface area (Å²) in [4.78, 5) is 15.6. The summed E-state index contributed by atoms with van der Waals surface area (Å²) in [5.41, 5.74) is 9.33. The van der Waals surface area contributed by atoms with Crippen molar-refractivity contribution in [3.05, 3.63) is 204 Å². The van der Waals surface area contributed by atoms with E-state index >= 15 is 0 Å². The average Bonchev–Trinajstić information content (AvgIpc) is 3.86. The van der Waals surface area contributed by atoms with Gasteiger partial charge in [-0.15, -0.1) is 11.3 Å². The van der Waals surface area contributed by atoms with E-state index in [0.29, 0.717) is 17.5 Å². The number of furan rings is 1. The molecule has 3 aromatic heterocycles. The molecular weight excluding hydrogens is 715 g/mol. The van der Waals surface area contributed by atoms with Crippen LogP contribution in [0.5, 0.6) is 0 Å². The number of thiophene rings is 1. The van der Waals surface area contributed by atoms with E-state index < -0.39 is 5.41 Å². The summed E-state index contributed by atoms with van der Waals surface area (Å²) in [6.45, 7) is 2.36. The average molecular weight is 750 g/mol. The van der Waals surface area contributed by atoms with Crippen molar-refractivity contribution in [2.75, 3.05) is 0 Å². The minimum absolute atomic E-state index is 0.0909. The third-order valence-corrected chi connectivity index (χ3v) is 12.8. The van der Waals surface area contributed by atoms with Crippen LogP contribution in [0.25, 0.3) is 82.5 Å². The van der Waals surface area contributed by atoms with Gasteiger partial charge in [0.25, 0.3) is 0 Å². The highest BCUT2D eigenvalue weighted by molar-refractivity contribution is 7.25. The lowest BCUT2D eigenvalue weighted by Gasteiger charge is -2.39. The molecule has 0 aliphatic heterocycles. The maximum atomic E-state index is 6.47. The Bertz CT molecular complexity index is 3130. The van der Waals surface area contributed by atoms with Crippen LogP contribution >= 0.6 is 11.3 Å². The quantitative estimate of drug-likeness (QED) is 0.170. The second-order valence-electron chi connectivity index (χ2n) is 14.9. The summed E-state index contributed by atoms with van der Waals surface area (Å²) in [7, 11) is 0. The molecule has 0 saturated heterocycles. The van der Waals surface area contributed by atoms with Gasteiger partial charge in [0.05, 0.1) is 0 Å². The number of benzene rings is 7. The van der Waals surface area contributed by atoms with Gasteiger partial charge in [0.2, 0.25) is 0 Å². The molecule has 2 atom stereocenters. The SMILES string of the molecule is CC1(c2ccc(-c3nc(-c4ccc(-c5ccccc5)cc4)nc(-c4cccc5sc6ccccc6c45)n3)cc2)c2c(oc3ccccc23)C=CC1c1ccccc1. The van der Waals surface area contributed by atoms with E-state index in [9.17, 15) is 0 Å². The zero-order chi connectivity index (χ0) is 37.9. The highest BCUT2D eigenvalue weighted by Crippen LogP contribution is 2.53. The summed E-state index contributed by atoms with van der Waals surface area (Å²) in [6.07, 6.45) is 4.46. The van der Waals surface area contributed by atoms with Crippen LogP contribution < -0.4 is 0 Å². The Morgan fingerprint density at radius 3 is 1.84 bits per heavy atom. The third kappa shape index (κ3) is 5.54. The Balaban J connectivity index is 1.07. The van der Waals surface area contributed by atoms with Crippen molar-refractivity contribution in [1.82, 2.24) is 15.0 Å². The Labute approximate surface area is 334 Å². The molecular formula is C52H35N3OS. The maximum Gasteiger partial charge on any atom is 0.164 e. The predicted molar refractivity (Wildman–Crippen MR) is 235 cm³/mol. The molecule has 7 aromatic carbocycles. The van der Waals surface area contributed by atoms with Crippen LogP contribution in [0.4, 0.5) is 0 Å². The summed E-state index contributed by atoms with van der Waals surface area (Å²) in [6, 6.07) is 62.0. The molecule has 5 heteroatoms. The van der Waals surface area contributed by atoms with E-state index in [1.54, 1.807) is 11.3 Å². The zero-order valence-electron chi connectivity index (χ0n) is 31.1. The van der Waals surface area contributed by atoms with Crippen molar-refractivity contribution < 1.29 is 4.42 Å². The van der Waals surface area contributed by atoms with Crippen molar-refractivity contribution in [1.29, 1.82) is 0 Å². The van der Waals surface area contributed by atoms with Crippen LogP contribution in [0, 0.1) is 0 Å². The largest absolute Gasteiger partial charge is 0.456 e. The van der Waals surface area contributed by atoms with Crippen LogP contribution in [-0.2, 0) is 5.41 Å². The van der Waals surface area contributed by atoms with Crippen LogP contribution in [0.15, 0.2) is 186 Å². The fourth-order valence-corrected chi connectivity index (χ4v) is 9.93. The summed E-state index contributed by atoms with van der Waals surface area (Å²) in [5, 5.41) is 3.52. The highest BCUT2D eigenvalue weighted by Gasteiger charge is 2.43. The van der Waals surface area contributed by atoms with Crippen LogP contribution in [0.3, 0.4) is 0 Å². The standard InChI is InChI=1S/C52H35N3OS/c1-52(42(35-15-6-3-7-16-35)31-32-44-48(52)39-17-8-10-20-43(39)56-44)38-29-27-37(28-30-38)50-53-49(36-25-23-34(24-26-36)33-13-4-2-5-14-33)54-51(55-50)41-19-12-22-46-47(41)40-18-9-11-21-45(40)57-46/h2-32,42H,1H3. The van der Waals surface area contributed by atoms with Gasteiger partial charge in [0.1, 0.15) is 11.3 Å². The van der Waals surface area contributed by atoms with Crippen molar-refractivity contribution >= 4 is 48.6 Å². The van der Waals surface area contributed by atoms with E-state index in [2.05, 4.69) is 183 Å². The molecule has 11 rings (SSSR count). The Hall–Kier alpha value is -6.95. The maximum absolute atomic E-state index is 6.47. The fourth-order valence-electron chi connectivity index (χ4n) is 8.80. The van der Waals surface area contributed by atoms with Gasteiger partial charge in [0, 0.05) is 59.1 Å². The minimum Gasteiger partial charge on any atom is -0.456 e. The van der Waals surface area contributed by atoms with Gasteiger partial charge in [-0.2, -0.15) is 0 Å². The number of fused-ring (bicyclic) bond motifs is 6. The Morgan fingerprint density at radius 2 is 1.09 bits per heavy atom. The van der Waals surface area contributed by atoms with Gasteiger partial charge in [-0.1, -0.05) is 171 Å². The van der Waals surface area contributed by atoms with E-state index in [-0.39, 0.29) is 5.92 Å². The second-order valence-corrected chi connectivity index (χ2v) is 16.0. The van der Waals surface area contributed by atoms with Gasteiger partial charge in [0.15, 0.2) is 17.5 Å². The molecule has 0 radical (unpaired) electrons. The third-order valence-electron chi connectivity index (χ3n) is 11.6. The molecule has 0 fully saturated rings. The van der Waals surface area contributed by atoms with Gasteiger partial charge >= 0.3 is 0 Å². The van der Waals surface area contributed by atoms with E-state index in [4.69, 9.17) is 19.4 Å². The first-order chi connectivity index (χ1) is 28.1. The van der Waals surface area contributed by atoms with Gasteiger partial charge in [-0.05, 0) is 46.5 Å². The number of nitrogens with zero attached hydrogens (tertiary/aromatic N) is 3. The molecule has 1 aliphatic rings. The zero-order valence-corrected chi connectivity index (χ0v) is 31.9. The molecule has 3 heterocycles. The first-order valence-electron chi connectivity index (χ1n) is 19.3. The molecule has 10 aromatic rings. The minimum atomic E-state index is -0.415. The molecule has 270 valence electrons. The van der Waals surface area contributed by atoms with Crippen molar-refractivity contribution in [2.24, 2.45) is 0 Å². The monoisotopic (exact) mass is 749 g/mol. The van der Waals surface area contributed by atoms with Crippen molar-refractivity contribution in [3.63, 3.8) is 0 Å².